The summed E-state index contributed by atoms with van der Waals surface area (Å²) in [7, 11) is 0. The zero-order valence-corrected chi connectivity index (χ0v) is 9.57. The molecule has 0 heterocycles. The van der Waals surface area contributed by atoms with E-state index in [1.54, 1.807) is 0 Å². The molecule has 2 nitrogen and oxygen atoms in total. The number of nitrogens with one attached hydrogen (secondary N) is 1. The molecule has 0 fully saturated rings. The van der Waals surface area contributed by atoms with E-state index in [0.717, 1.165) is 5.56 Å². The summed E-state index contributed by atoms with van der Waals surface area (Å²) in [6, 6.07) is 5.91. The van der Waals surface area contributed by atoms with Gasteiger partial charge in [-0.2, -0.15) is 0 Å². The van der Waals surface area contributed by atoms with E-state index in [1.807, 2.05) is 32.0 Å². The van der Waals surface area contributed by atoms with Crippen LogP contribution in [0.25, 0.3) is 0 Å². The van der Waals surface area contributed by atoms with Crippen LogP contribution in [-0.2, 0) is 4.74 Å². The third-order valence-corrected chi connectivity index (χ3v) is 2.06. The van der Waals surface area contributed by atoms with Gasteiger partial charge in [-0.05, 0) is 44.0 Å². The van der Waals surface area contributed by atoms with Crippen LogP contribution in [0.2, 0.25) is 0 Å². The summed E-state index contributed by atoms with van der Waals surface area (Å²) in [5, 5.41) is 7.57. The number of aryl methyl sites for hydroxylation is 2. The van der Waals surface area contributed by atoms with Gasteiger partial charge in [-0.3, -0.25) is 5.41 Å². The molecule has 14 heavy (non-hydrogen) atoms. The summed E-state index contributed by atoms with van der Waals surface area (Å²) in [6.45, 7) is 6.53. The fourth-order valence-corrected chi connectivity index (χ4v) is 1.11. The summed E-state index contributed by atoms with van der Waals surface area (Å²) >= 11 is 0. The van der Waals surface area contributed by atoms with Crippen LogP contribution < -0.4 is 0 Å². The van der Waals surface area contributed by atoms with Crippen LogP contribution in [0.4, 0.5) is 0 Å². The van der Waals surface area contributed by atoms with Crippen LogP contribution >= 0.6 is 12.4 Å². The number of benzene rings is 1. The SMILES string of the molecule is CCOC(=N)c1ccc(C)c(C)c1.Cl. The Hall–Kier alpha value is -1.02. The molecule has 1 aromatic rings. The summed E-state index contributed by atoms with van der Waals surface area (Å²) in [4.78, 5) is 0. The fraction of sp³-hybridized carbons (Fsp3) is 0.364. The maximum Gasteiger partial charge on any atom is 0.213 e. The van der Waals surface area contributed by atoms with Gasteiger partial charge in [-0.15, -0.1) is 12.4 Å². The van der Waals surface area contributed by atoms with Crippen molar-refractivity contribution in [2.24, 2.45) is 0 Å². The van der Waals surface area contributed by atoms with E-state index in [-0.39, 0.29) is 18.3 Å². The smallest absolute Gasteiger partial charge is 0.213 e. The van der Waals surface area contributed by atoms with Crippen molar-refractivity contribution in [1.82, 2.24) is 0 Å². The van der Waals surface area contributed by atoms with Crippen molar-refractivity contribution in [2.45, 2.75) is 20.8 Å². The molecule has 0 bridgehead atoms. The highest BCUT2D eigenvalue weighted by Crippen LogP contribution is 2.10. The minimum Gasteiger partial charge on any atom is -0.478 e. The van der Waals surface area contributed by atoms with Crippen LogP contribution in [0.3, 0.4) is 0 Å². The predicted octanol–water partition coefficient (Wildman–Crippen LogP) is 3.09. The average molecular weight is 214 g/mol. The first-order valence-electron chi connectivity index (χ1n) is 4.44. The molecule has 0 aromatic heterocycles. The first-order chi connectivity index (χ1) is 6.15. The van der Waals surface area contributed by atoms with Gasteiger partial charge in [0.05, 0.1) is 6.61 Å². The van der Waals surface area contributed by atoms with Gasteiger partial charge in [0.1, 0.15) is 0 Å². The van der Waals surface area contributed by atoms with Crippen molar-refractivity contribution < 1.29 is 4.74 Å². The highest BCUT2D eigenvalue weighted by atomic mass is 35.5. The first-order valence-corrected chi connectivity index (χ1v) is 4.44. The molecule has 0 aliphatic heterocycles. The van der Waals surface area contributed by atoms with Gasteiger partial charge in [0.25, 0.3) is 0 Å². The molecular formula is C11H16ClNO. The lowest BCUT2D eigenvalue weighted by molar-refractivity contribution is 0.325. The van der Waals surface area contributed by atoms with E-state index in [9.17, 15) is 0 Å². The Morgan fingerprint density at radius 1 is 1.29 bits per heavy atom. The minimum atomic E-state index is 0. The van der Waals surface area contributed by atoms with E-state index in [0.29, 0.717) is 6.61 Å². The Balaban J connectivity index is 0.00000169. The predicted molar refractivity (Wildman–Crippen MR) is 61.6 cm³/mol. The summed E-state index contributed by atoms with van der Waals surface area (Å²) in [6.07, 6.45) is 0. The molecule has 0 saturated carbocycles. The fourth-order valence-electron chi connectivity index (χ4n) is 1.11. The number of hydrogen-bond acceptors (Lipinski definition) is 2. The normalized spacial score (nSPS) is 9.07. The second-order valence-electron chi connectivity index (χ2n) is 3.06. The molecule has 0 atom stereocenters. The molecule has 0 amide bonds. The van der Waals surface area contributed by atoms with E-state index in [2.05, 4.69) is 6.92 Å². The van der Waals surface area contributed by atoms with Crippen molar-refractivity contribution in [2.75, 3.05) is 6.61 Å². The second-order valence-corrected chi connectivity index (χ2v) is 3.06. The van der Waals surface area contributed by atoms with E-state index in [4.69, 9.17) is 10.1 Å². The number of rotatable bonds is 2. The number of halogens is 1. The molecule has 78 valence electrons. The van der Waals surface area contributed by atoms with Gasteiger partial charge >= 0.3 is 0 Å². The zero-order valence-electron chi connectivity index (χ0n) is 8.76. The third-order valence-electron chi connectivity index (χ3n) is 2.06. The molecule has 1 rings (SSSR count). The topological polar surface area (TPSA) is 33.1 Å². The maximum absolute atomic E-state index is 7.57. The van der Waals surface area contributed by atoms with E-state index >= 15 is 0 Å². The van der Waals surface area contributed by atoms with Gasteiger partial charge in [-0.25, -0.2) is 0 Å². The van der Waals surface area contributed by atoms with E-state index < -0.39 is 0 Å². The highest BCUT2D eigenvalue weighted by molar-refractivity contribution is 5.91. The van der Waals surface area contributed by atoms with Gasteiger partial charge < -0.3 is 4.74 Å². The standard InChI is InChI=1S/C11H15NO.ClH/c1-4-13-11(12)10-6-5-8(2)9(3)7-10;/h5-7,12H,4H2,1-3H3;1H. The first kappa shape index (κ1) is 13.0. The van der Waals surface area contributed by atoms with Crippen LogP contribution in [0, 0.1) is 19.3 Å². The largest absolute Gasteiger partial charge is 0.478 e. The Bertz CT molecular complexity index is 323. The lowest BCUT2D eigenvalue weighted by Crippen LogP contribution is -2.04. The van der Waals surface area contributed by atoms with E-state index in [1.165, 1.54) is 11.1 Å². The number of hydrogen-bond donors (Lipinski definition) is 1. The summed E-state index contributed by atoms with van der Waals surface area (Å²) in [5.74, 6) is 0.255. The van der Waals surface area contributed by atoms with Crippen molar-refractivity contribution in [3.05, 3.63) is 34.9 Å². The van der Waals surface area contributed by atoms with Crippen LogP contribution in [0.5, 0.6) is 0 Å². The monoisotopic (exact) mass is 213 g/mol. The summed E-state index contributed by atoms with van der Waals surface area (Å²) < 4.78 is 5.11. The molecule has 1 N–H and O–H groups in total. The van der Waals surface area contributed by atoms with Gasteiger partial charge in [0.15, 0.2) is 0 Å². The molecular weight excluding hydrogens is 198 g/mol. The van der Waals surface area contributed by atoms with Crippen molar-refractivity contribution in [3.63, 3.8) is 0 Å². The Labute approximate surface area is 91.2 Å². The average Bonchev–Trinajstić information content (AvgIpc) is 2.10. The lowest BCUT2D eigenvalue weighted by atomic mass is 10.1. The second kappa shape index (κ2) is 5.66. The van der Waals surface area contributed by atoms with Crippen LogP contribution in [0.1, 0.15) is 23.6 Å². The summed E-state index contributed by atoms with van der Waals surface area (Å²) in [5.41, 5.74) is 3.29. The van der Waals surface area contributed by atoms with Crippen LogP contribution in [0.15, 0.2) is 18.2 Å². The highest BCUT2D eigenvalue weighted by Gasteiger charge is 2.02. The molecule has 0 aliphatic rings. The van der Waals surface area contributed by atoms with Crippen LogP contribution in [-0.4, -0.2) is 12.5 Å². The van der Waals surface area contributed by atoms with Gasteiger partial charge in [0.2, 0.25) is 5.90 Å². The van der Waals surface area contributed by atoms with Crippen molar-refractivity contribution in [3.8, 4) is 0 Å². The minimum absolute atomic E-state index is 0. The quantitative estimate of drug-likeness (QED) is 0.595. The maximum atomic E-state index is 7.57. The molecule has 0 saturated heterocycles. The third kappa shape index (κ3) is 3.04. The molecule has 0 radical (unpaired) electrons. The molecule has 0 aliphatic carbocycles. The Kier molecular flexibility index (Phi) is 5.24. The van der Waals surface area contributed by atoms with Crippen molar-refractivity contribution >= 4 is 18.3 Å². The molecule has 0 spiro atoms. The van der Waals surface area contributed by atoms with Gasteiger partial charge in [-0.1, -0.05) is 6.07 Å². The van der Waals surface area contributed by atoms with Gasteiger partial charge in [0, 0.05) is 5.56 Å². The zero-order chi connectivity index (χ0) is 9.84. The Morgan fingerprint density at radius 3 is 2.43 bits per heavy atom. The Morgan fingerprint density at radius 2 is 1.93 bits per heavy atom. The van der Waals surface area contributed by atoms with Crippen molar-refractivity contribution in [1.29, 1.82) is 5.41 Å². The number of ether oxygens (including phenoxy) is 1. The molecule has 1 aromatic carbocycles. The molecule has 0 unspecified atom stereocenters. The molecule has 3 heteroatoms. The lowest BCUT2D eigenvalue weighted by Gasteiger charge is -2.06.